The third-order valence-corrected chi connectivity index (χ3v) is 4.36. The van der Waals surface area contributed by atoms with Crippen LogP contribution in [0.5, 0.6) is 0 Å². The number of carbonyl (C=O) groups excluding carboxylic acids is 2. The summed E-state index contributed by atoms with van der Waals surface area (Å²) >= 11 is 0. The van der Waals surface area contributed by atoms with Crippen LogP contribution >= 0.6 is 0 Å². The van der Waals surface area contributed by atoms with Crippen molar-refractivity contribution in [1.82, 2.24) is 0 Å². The molecule has 6 nitrogen and oxygen atoms in total. The molecule has 1 aliphatic rings. The molecule has 2 aromatic carbocycles. The number of Topliss-reactive ketones (excluding diaryl/α,β-unsaturated/α-hetero) is 2. The largest absolute Gasteiger partial charge is 0.492 e. The van der Waals surface area contributed by atoms with E-state index in [1.807, 2.05) is 0 Å². The van der Waals surface area contributed by atoms with Gasteiger partial charge in [-0.15, -0.1) is 0 Å². The van der Waals surface area contributed by atoms with Crippen LogP contribution in [0.15, 0.2) is 73.0 Å². The summed E-state index contributed by atoms with van der Waals surface area (Å²) in [7, 11) is 0. The third-order valence-electron chi connectivity index (χ3n) is 4.36. The van der Waals surface area contributed by atoms with Gasteiger partial charge in [0.25, 0.3) is 0 Å². The number of aliphatic hydroxyl groups excluding tert-OH is 2. The molecular formula is C20H18O6. The molecule has 0 amide bonds. The van der Waals surface area contributed by atoms with Crippen LogP contribution in [-0.2, 0) is 4.74 Å². The van der Waals surface area contributed by atoms with Gasteiger partial charge in [0.2, 0.25) is 5.78 Å². The fourth-order valence-corrected chi connectivity index (χ4v) is 2.86. The minimum Gasteiger partial charge on any atom is -0.492 e. The van der Waals surface area contributed by atoms with Gasteiger partial charge in [0.1, 0.15) is 6.10 Å². The zero-order valence-corrected chi connectivity index (χ0v) is 13.7. The van der Waals surface area contributed by atoms with Gasteiger partial charge in [-0.3, -0.25) is 9.59 Å². The highest BCUT2D eigenvalue weighted by atomic mass is 16.5. The van der Waals surface area contributed by atoms with Crippen molar-refractivity contribution >= 4 is 11.6 Å². The predicted octanol–water partition coefficient (Wildman–Crippen LogP) is 1.12. The van der Waals surface area contributed by atoms with E-state index >= 15 is 0 Å². The number of ketones is 2. The van der Waals surface area contributed by atoms with Gasteiger partial charge < -0.3 is 20.1 Å². The van der Waals surface area contributed by atoms with Crippen molar-refractivity contribution in [2.75, 3.05) is 0 Å². The second-order valence-electron chi connectivity index (χ2n) is 6.04. The van der Waals surface area contributed by atoms with Gasteiger partial charge in [-0.2, -0.15) is 0 Å². The minimum atomic E-state index is -2.32. The number of aliphatic hydroxyl groups is 3. The molecule has 0 radical (unpaired) electrons. The normalized spacial score (nSPS) is 26.0. The average molecular weight is 354 g/mol. The Kier molecular flexibility index (Phi) is 4.99. The lowest BCUT2D eigenvalue weighted by Gasteiger charge is -2.38. The number of benzene rings is 2. The highest BCUT2D eigenvalue weighted by molar-refractivity contribution is 6.05. The maximum atomic E-state index is 12.7. The first-order valence-corrected chi connectivity index (χ1v) is 8.06. The molecule has 0 fully saturated rings. The molecule has 3 rings (SSSR count). The van der Waals surface area contributed by atoms with E-state index in [-0.39, 0.29) is 11.1 Å². The topological polar surface area (TPSA) is 104 Å². The van der Waals surface area contributed by atoms with Crippen LogP contribution in [0, 0.1) is 0 Å². The van der Waals surface area contributed by atoms with Crippen LogP contribution < -0.4 is 0 Å². The molecule has 6 heteroatoms. The van der Waals surface area contributed by atoms with Gasteiger partial charge in [-0.05, 0) is 6.08 Å². The van der Waals surface area contributed by atoms with E-state index in [0.29, 0.717) is 0 Å². The van der Waals surface area contributed by atoms with Gasteiger partial charge in [0.15, 0.2) is 23.6 Å². The van der Waals surface area contributed by atoms with E-state index < -0.39 is 35.5 Å². The summed E-state index contributed by atoms with van der Waals surface area (Å²) in [5.41, 5.74) is -1.91. The van der Waals surface area contributed by atoms with Gasteiger partial charge >= 0.3 is 0 Å². The monoisotopic (exact) mass is 354 g/mol. The molecular weight excluding hydrogens is 336 g/mol. The Bertz CT molecular complexity index is 817. The number of carbonyl (C=O) groups is 2. The highest BCUT2D eigenvalue weighted by Gasteiger charge is 2.51. The number of rotatable bonds is 5. The van der Waals surface area contributed by atoms with Crippen molar-refractivity contribution in [3.05, 3.63) is 84.1 Å². The minimum absolute atomic E-state index is 0.184. The Morgan fingerprint density at radius 1 is 0.962 bits per heavy atom. The molecule has 0 saturated heterocycles. The zero-order chi connectivity index (χ0) is 18.7. The van der Waals surface area contributed by atoms with Crippen molar-refractivity contribution in [2.45, 2.75) is 23.9 Å². The van der Waals surface area contributed by atoms with Gasteiger partial charge in [0, 0.05) is 11.1 Å². The fourth-order valence-electron chi connectivity index (χ4n) is 2.86. The van der Waals surface area contributed by atoms with Crippen LogP contribution in [0.2, 0.25) is 0 Å². The first-order valence-electron chi connectivity index (χ1n) is 8.06. The fraction of sp³-hybridized carbons (Fsp3) is 0.200. The average Bonchev–Trinajstić information content (AvgIpc) is 2.69. The van der Waals surface area contributed by atoms with E-state index in [4.69, 9.17) is 4.74 Å². The number of ether oxygens (including phenoxy) is 1. The number of hydrogen-bond donors (Lipinski definition) is 3. The summed E-state index contributed by atoms with van der Waals surface area (Å²) in [4.78, 5) is 25.1. The summed E-state index contributed by atoms with van der Waals surface area (Å²) in [5.74, 6) is -1.44. The van der Waals surface area contributed by atoms with E-state index in [0.717, 1.165) is 12.3 Å². The standard InChI is InChI=1S/C20H18O6/c21-15(13-7-3-1-4-8-13)16(22)17-19(24)20(25,11-12-26-17)18(23)14-9-5-2-6-10-14/h1-12,16-17,19,22,24-25H/t16?,17-,19-,20+/m1/s1. The molecule has 2 aromatic rings. The SMILES string of the molecule is O=C(c1ccccc1)C(O)[C@H]1OC=C[C@](O)(C(=O)c2ccccc2)[C@@H]1O. The third kappa shape index (κ3) is 3.17. The molecule has 0 aromatic heterocycles. The molecule has 1 heterocycles. The van der Waals surface area contributed by atoms with E-state index in [2.05, 4.69) is 0 Å². The molecule has 0 bridgehead atoms. The molecule has 1 unspecified atom stereocenters. The van der Waals surface area contributed by atoms with Crippen LogP contribution in [0.1, 0.15) is 20.7 Å². The van der Waals surface area contributed by atoms with Crippen molar-refractivity contribution in [3.8, 4) is 0 Å². The summed E-state index contributed by atoms with van der Waals surface area (Å²) in [5, 5.41) is 31.6. The van der Waals surface area contributed by atoms with Crippen molar-refractivity contribution < 1.29 is 29.6 Å². The molecule has 134 valence electrons. The van der Waals surface area contributed by atoms with Crippen LogP contribution in [0.3, 0.4) is 0 Å². The summed E-state index contributed by atoms with van der Waals surface area (Å²) in [6.07, 6.45) is -3.05. The summed E-state index contributed by atoms with van der Waals surface area (Å²) in [6, 6.07) is 16.0. The van der Waals surface area contributed by atoms with Crippen molar-refractivity contribution in [3.63, 3.8) is 0 Å². The molecule has 26 heavy (non-hydrogen) atoms. The molecule has 1 aliphatic heterocycles. The van der Waals surface area contributed by atoms with E-state index in [1.165, 1.54) is 24.3 Å². The molecule has 0 spiro atoms. The first kappa shape index (κ1) is 18.0. The lowest BCUT2D eigenvalue weighted by atomic mass is 9.81. The Hall–Kier alpha value is -2.80. The van der Waals surface area contributed by atoms with Crippen LogP contribution in [0.25, 0.3) is 0 Å². The highest BCUT2D eigenvalue weighted by Crippen LogP contribution is 2.29. The lowest BCUT2D eigenvalue weighted by Crippen LogP contribution is -2.60. The first-order chi connectivity index (χ1) is 12.4. The molecule has 4 atom stereocenters. The second-order valence-corrected chi connectivity index (χ2v) is 6.04. The maximum absolute atomic E-state index is 12.7. The number of hydrogen-bond acceptors (Lipinski definition) is 6. The van der Waals surface area contributed by atoms with Crippen molar-refractivity contribution in [2.24, 2.45) is 0 Å². The van der Waals surface area contributed by atoms with Gasteiger partial charge in [-0.25, -0.2) is 0 Å². The van der Waals surface area contributed by atoms with E-state index in [9.17, 15) is 24.9 Å². The van der Waals surface area contributed by atoms with Gasteiger partial charge in [0.05, 0.1) is 6.26 Å². The Labute approximate surface area is 150 Å². The Morgan fingerprint density at radius 2 is 1.50 bits per heavy atom. The molecule has 3 N–H and O–H groups in total. The maximum Gasteiger partial charge on any atom is 0.201 e. The van der Waals surface area contributed by atoms with Crippen LogP contribution in [0.4, 0.5) is 0 Å². The molecule has 0 aliphatic carbocycles. The van der Waals surface area contributed by atoms with Gasteiger partial charge in [-0.1, -0.05) is 60.7 Å². The smallest absolute Gasteiger partial charge is 0.201 e. The quantitative estimate of drug-likeness (QED) is 0.695. The summed E-state index contributed by atoms with van der Waals surface area (Å²) in [6.45, 7) is 0. The second kappa shape index (κ2) is 7.21. The Balaban J connectivity index is 1.86. The van der Waals surface area contributed by atoms with E-state index in [1.54, 1.807) is 36.4 Å². The van der Waals surface area contributed by atoms with Crippen LogP contribution in [-0.4, -0.2) is 50.8 Å². The zero-order valence-electron chi connectivity index (χ0n) is 13.7. The Morgan fingerprint density at radius 3 is 2.08 bits per heavy atom. The summed E-state index contributed by atoms with van der Waals surface area (Å²) < 4.78 is 5.16. The lowest BCUT2D eigenvalue weighted by molar-refractivity contribution is -0.126. The predicted molar refractivity (Wildman–Crippen MR) is 92.5 cm³/mol. The molecule has 0 saturated carbocycles. The van der Waals surface area contributed by atoms with Crippen molar-refractivity contribution in [1.29, 1.82) is 0 Å².